The second-order valence-electron chi connectivity index (χ2n) is 5.07. The summed E-state index contributed by atoms with van der Waals surface area (Å²) >= 11 is 0. The quantitative estimate of drug-likeness (QED) is 0.819. The van der Waals surface area contributed by atoms with Crippen LogP contribution in [0, 0.1) is 5.92 Å². The molecule has 0 atom stereocenters. The Morgan fingerprint density at radius 1 is 1.50 bits per heavy atom. The number of hydrogen-bond donors (Lipinski definition) is 1. The lowest BCUT2D eigenvalue weighted by molar-refractivity contribution is 0.139. The molecule has 0 aromatic heterocycles. The van der Waals surface area contributed by atoms with Crippen LogP contribution >= 0.6 is 0 Å². The van der Waals surface area contributed by atoms with Crippen LogP contribution in [0.2, 0.25) is 0 Å². The molecule has 1 aliphatic heterocycles. The third-order valence-corrected chi connectivity index (χ3v) is 3.05. The highest BCUT2D eigenvalue weighted by Crippen LogP contribution is 2.31. The van der Waals surface area contributed by atoms with Gasteiger partial charge in [-0.3, -0.25) is 4.90 Å². The van der Waals surface area contributed by atoms with Gasteiger partial charge in [0, 0.05) is 12.2 Å². The fourth-order valence-corrected chi connectivity index (χ4v) is 2.16. The van der Waals surface area contributed by atoms with Gasteiger partial charge < -0.3 is 10.5 Å². The van der Waals surface area contributed by atoms with Crippen molar-refractivity contribution in [2.45, 2.75) is 26.7 Å². The van der Waals surface area contributed by atoms with Crippen molar-refractivity contribution in [3.63, 3.8) is 0 Å². The largest absolute Gasteiger partial charge is 0.449 e. The van der Waals surface area contributed by atoms with Gasteiger partial charge in [0.2, 0.25) is 0 Å². The molecule has 1 aliphatic rings. The van der Waals surface area contributed by atoms with Gasteiger partial charge >= 0.3 is 6.09 Å². The van der Waals surface area contributed by atoms with Crippen LogP contribution in [0.3, 0.4) is 0 Å². The standard InChI is InChI=1S/C14H20N2O2/c1-10(2)9-18-14(17)16-8-4-5-11-12(15)6-3-7-13(11)16/h3,6-7,10H,4-5,8-9,15H2,1-2H3. The molecule has 1 heterocycles. The van der Waals surface area contributed by atoms with Crippen LogP contribution in [-0.2, 0) is 11.2 Å². The van der Waals surface area contributed by atoms with Crippen LogP contribution in [0.1, 0.15) is 25.8 Å². The number of benzene rings is 1. The predicted molar refractivity (Wildman–Crippen MR) is 72.7 cm³/mol. The first-order valence-electron chi connectivity index (χ1n) is 6.41. The van der Waals surface area contributed by atoms with Crippen LogP contribution in [0.5, 0.6) is 0 Å². The van der Waals surface area contributed by atoms with Gasteiger partial charge in [0.1, 0.15) is 0 Å². The molecular formula is C14H20N2O2. The molecule has 4 heteroatoms. The van der Waals surface area contributed by atoms with E-state index in [-0.39, 0.29) is 6.09 Å². The number of amides is 1. The highest BCUT2D eigenvalue weighted by molar-refractivity contribution is 5.90. The summed E-state index contributed by atoms with van der Waals surface area (Å²) in [6, 6.07) is 5.69. The minimum absolute atomic E-state index is 0.268. The van der Waals surface area contributed by atoms with Crippen LogP contribution in [0.4, 0.5) is 16.2 Å². The zero-order chi connectivity index (χ0) is 13.1. The van der Waals surface area contributed by atoms with Crippen molar-refractivity contribution in [3.05, 3.63) is 23.8 Å². The number of carbonyl (C=O) groups is 1. The van der Waals surface area contributed by atoms with Crippen molar-refractivity contribution in [2.75, 3.05) is 23.8 Å². The number of carbonyl (C=O) groups excluding carboxylic acids is 1. The van der Waals surface area contributed by atoms with E-state index >= 15 is 0 Å². The maximum absolute atomic E-state index is 12.0. The van der Waals surface area contributed by atoms with E-state index in [0.717, 1.165) is 29.8 Å². The van der Waals surface area contributed by atoms with Gasteiger partial charge in [0.15, 0.2) is 0 Å². The van der Waals surface area contributed by atoms with E-state index in [0.29, 0.717) is 19.1 Å². The summed E-state index contributed by atoms with van der Waals surface area (Å²) in [6.45, 7) is 5.20. The predicted octanol–water partition coefficient (Wildman–Crippen LogP) is 2.81. The van der Waals surface area contributed by atoms with Crippen LogP contribution in [0.25, 0.3) is 0 Å². The zero-order valence-corrected chi connectivity index (χ0v) is 11.0. The Labute approximate surface area is 108 Å². The van der Waals surface area contributed by atoms with Crippen molar-refractivity contribution in [2.24, 2.45) is 5.92 Å². The van der Waals surface area contributed by atoms with Gasteiger partial charge in [-0.05, 0) is 36.5 Å². The number of rotatable bonds is 2. The number of nitrogens with two attached hydrogens (primary N) is 1. The third-order valence-electron chi connectivity index (χ3n) is 3.05. The first-order valence-corrected chi connectivity index (χ1v) is 6.41. The lowest BCUT2D eigenvalue weighted by atomic mass is 10.0. The van der Waals surface area contributed by atoms with Gasteiger partial charge in [0.25, 0.3) is 0 Å². The molecule has 0 fully saturated rings. The zero-order valence-electron chi connectivity index (χ0n) is 11.0. The number of fused-ring (bicyclic) bond motifs is 1. The molecule has 1 aromatic rings. The molecule has 0 spiro atoms. The van der Waals surface area contributed by atoms with Crippen LogP contribution < -0.4 is 10.6 Å². The van der Waals surface area contributed by atoms with Crippen LogP contribution in [0.15, 0.2) is 18.2 Å². The molecule has 1 amide bonds. The second kappa shape index (κ2) is 5.29. The summed E-state index contributed by atoms with van der Waals surface area (Å²) in [7, 11) is 0. The number of ether oxygens (including phenoxy) is 1. The molecule has 4 nitrogen and oxygen atoms in total. The second-order valence-corrected chi connectivity index (χ2v) is 5.07. The first-order chi connectivity index (χ1) is 8.59. The van der Waals surface area contributed by atoms with Gasteiger partial charge in [0.05, 0.1) is 12.3 Å². The fraction of sp³-hybridized carbons (Fsp3) is 0.500. The average Bonchev–Trinajstić information content (AvgIpc) is 2.36. The van der Waals surface area contributed by atoms with E-state index in [4.69, 9.17) is 10.5 Å². The number of nitrogen functional groups attached to an aromatic ring is 1. The van der Waals surface area contributed by atoms with Crippen molar-refractivity contribution < 1.29 is 9.53 Å². The highest BCUT2D eigenvalue weighted by atomic mass is 16.6. The fourth-order valence-electron chi connectivity index (χ4n) is 2.16. The molecule has 0 bridgehead atoms. The lowest BCUT2D eigenvalue weighted by Gasteiger charge is -2.29. The first kappa shape index (κ1) is 12.7. The summed E-state index contributed by atoms with van der Waals surface area (Å²) in [5.41, 5.74) is 8.66. The Morgan fingerprint density at radius 2 is 2.28 bits per heavy atom. The Balaban J connectivity index is 2.17. The van der Waals surface area contributed by atoms with E-state index in [1.54, 1.807) is 4.90 Å². The van der Waals surface area contributed by atoms with Crippen molar-refractivity contribution in [3.8, 4) is 0 Å². The summed E-state index contributed by atoms with van der Waals surface area (Å²) in [4.78, 5) is 13.7. The van der Waals surface area contributed by atoms with Crippen molar-refractivity contribution in [1.82, 2.24) is 0 Å². The molecule has 1 aromatic carbocycles. The van der Waals surface area contributed by atoms with E-state index in [9.17, 15) is 4.79 Å². The molecule has 2 N–H and O–H groups in total. The summed E-state index contributed by atoms with van der Waals surface area (Å²) in [5, 5.41) is 0. The smallest absolute Gasteiger partial charge is 0.414 e. The Bertz CT molecular complexity index is 443. The highest BCUT2D eigenvalue weighted by Gasteiger charge is 2.24. The van der Waals surface area contributed by atoms with Crippen molar-refractivity contribution in [1.29, 1.82) is 0 Å². The van der Waals surface area contributed by atoms with Crippen LogP contribution in [-0.4, -0.2) is 19.2 Å². The summed E-state index contributed by atoms with van der Waals surface area (Å²) in [6.07, 6.45) is 1.59. The molecule has 0 saturated heterocycles. The number of hydrogen-bond acceptors (Lipinski definition) is 3. The Morgan fingerprint density at radius 3 is 3.00 bits per heavy atom. The maximum atomic E-state index is 12.0. The topological polar surface area (TPSA) is 55.6 Å². The van der Waals surface area contributed by atoms with Gasteiger partial charge in [-0.15, -0.1) is 0 Å². The molecule has 2 rings (SSSR count). The molecule has 0 aliphatic carbocycles. The summed E-state index contributed by atoms with van der Waals surface area (Å²) in [5.74, 6) is 0.346. The lowest BCUT2D eigenvalue weighted by Crippen LogP contribution is -2.36. The SMILES string of the molecule is CC(C)COC(=O)N1CCCc2c(N)cccc21. The minimum atomic E-state index is -0.268. The van der Waals surface area contributed by atoms with Crippen molar-refractivity contribution >= 4 is 17.5 Å². The normalized spacial score (nSPS) is 14.5. The van der Waals surface area contributed by atoms with E-state index in [2.05, 4.69) is 0 Å². The Hall–Kier alpha value is -1.71. The number of anilines is 2. The Kier molecular flexibility index (Phi) is 3.75. The monoisotopic (exact) mass is 248 g/mol. The molecule has 18 heavy (non-hydrogen) atoms. The van der Waals surface area contributed by atoms with Gasteiger partial charge in [-0.2, -0.15) is 0 Å². The molecule has 0 saturated carbocycles. The van der Waals surface area contributed by atoms with E-state index in [1.165, 1.54) is 0 Å². The minimum Gasteiger partial charge on any atom is -0.449 e. The van der Waals surface area contributed by atoms with Gasteiger partial charge in [-0.1, -0.05) is 19.9 Å². The molecule has 0 radical (unpaired) electrons. The molecule has 98 valence electrons. The third kappa shape index (κ3) is 2.58. The molecular weight excluding hydrogens is 228 g/mol. The summed E-state index contributed by atoms with van der Waals surface area (Å²) < 4.78 is 5.29. The van der Waals surface area contributed by atoms with E-state index in [1.807, 2.05) is 32.0 Å². The van der Waals surface area contributed by atoms with E-state index < -0.39 is 0 Å². The average molecular weight is 248 g/mol. The number of nitrogens with zero attached hydrogens (tertiary/aromatic N) is 1. The maximum Gasteiger partial charge on any atom is 0.414 e. The molecule has 0 unspecified atom stereocenters. The van der Waals surface area contributed by atoms with Gasteiger partial charge in [-0.25, -0.2) is 4.79 Å².